The summed E-state index contributed by atoms with van der Waals surface area (Å²) in [5.74, 6) is -1.32. The molecule has 1 heterocycles. The second-order valence-corrected chi connectivity index (χ2v) is 8.44. The number of nitrogens with zero attached hydrogens (tertiary/aromatic N) is 2. The van der Waals surface area contributed by atoms with E-state index >= 15 is 0 Å². The molecule has 7 heteroatoms. The van der Waals surface area contributed by atoms with Gasteiger partial charge in [0.05, 0.1) is 5.69 Å². The summed E-state index contributed by atoms with van der Waals surface area (Å²) in [6.07, 6.45) is 0. The summed E-state index contributed by atoms with van der Waals surface area (Å²) >= 11 is 6.25. The zero-order valence-corrected chi connectivity index (χ0v) is 19.9. The molecule has 4 rings (SSSR count). The van der Waals surface area contributed by atoms with Gasteiger partial charge in [-0.15, -0.1) is 0 Å². The van der Waals surface area contributed by atoms with Gasteiger partial charge < -0.3 is 10.2 Å². The third kappa shape index (κ3) is 4.45. The van der Waals surface area contributed by atoms with Crippen LogP contribution >= 0.6 is 11.6 Å². The van der Waals surface area contributed by atoms with E-state index in [1.807, 2.05) is 57.2 Å². The average molecular weight is 474 g/mol. The minimum absolute atomic E-state index is 0.0251. The Kier molecular flexibility index (Phi) is 6.52. The number of carbonyl (C=O) groups excluding carboxylic acids is 3. The molecule has 0 fully saturated rings. The molecule has 0 radical (unpaired) electrons. The molecule has 34 heavy (non-hydrogen) atoms. The number of nitrogens with one attached hydrogen (secondary N) is 1. The monoisotopic (exact) mass is 473 g/mol. The standard InChI is InChI=1S/C27H24ClN3O3/c1-4-30(22-10-5-7-18(3)15-22)25(32)19-8-6-9-20(16-19)29-24-23(28)26(33)31(27(24)34)21-13-11-17(2)12-14-21/h5-16,29H,4H2,1-3H3. The molecule has 0 bridgehead atoms. The van der Waals surface area contributed by atoms with Gasteiger partial charge in [0.2, 0.25) is 0 Å². The van der Waals surface area contributed by atoms with Crippen LogP contribution in [0.15, 0.2) is 83.5 Å². The Bertz CT molecular complexity index is 1310. The highest BCUT2D eigenvalue weighted by atomic mass is 35.5. The number of halogens is 1. The molecule has 0 spiro atoms. The SMILES string of the molecule is CCN(C(=O)c1cccc(NC2=C(Cl)C(=O)N(c3ccc(C)cc3)C2=O)c1)c1cccc(C)c1. The fourth-order valence-corrected chi connectivity index (χ4v) is 4.02. The Labute approximate surface area is 203 Å². The molecule has 1 aliphatic heterocycles. The summed E-state index contributed by atoms with van der Waals surface area (Å²) in [6, 6.07) is 21.5. The minimum Gasteiger partial charge on any atom is -0.350 e. The normalized spacial score (nSPS) is 13.5. The quantitative estimate of drug-likeness (QED) is 0.486. The topological polar surface area (TPSA) is 69.7 Å². The van der Waals surface area contributed by atoms with E-state index in [1.54, 1.807) is 41.3 Å². The molecule has 0 saturated heterocycles. The molecule has 0 unspecified atom stereocenters. The average Bonchev–Trinajstić information content (AvgIpc) is 3.03. The summed E-state index contributed by atoms with van der Waals surface area (Å²) in [6.45, 7) is 6.30. The van der Waals surface area contributed by atoms with Gasteiger partial charge in [-0.05, 0) is 68.8 Å². The van der Waals surface area contributed by atoms with E-state index in [0.717, 1.165) is 21.7 Å². The number of carbonyl (C=O) groups is 3. The van der Waals surface area contributed by atoms with Crippen molar-refractivity contribution in [1.29, 1.82) is 0 Å². The smallest absolute Gasteiger partial charge is 0.283 e. The highest BCUT2D eigenvalue weighted by molar-refractivity contribution is 6.53. The van der Waals surface area contributed by atoms with E-state index in [-0.39, 0.29) is 16.6 Å². The summed E-state index contributed by atoms with van der Waals surface area (Å²) in [4.78, 5) is 41.7. The van der Waals surface area contributed by atoms with Crippen LogP contribution in [0.5, 0.6) is 0 Å². The highest BCUT2D eigenvalue weighted by Crippen LogP contribution is 2.30. The van der Waals surface area contributed by atoms with Gasteiger partial charge >= 0.3 is 0 Å². The van der Waals surface area contributed by atoms with Crippen molar-refractivity contribution in [2.75, 3.05) is 21.7 Å². The van der Waals surface area contributed by atoms with E-state index in [1.165, 1.54) is 0 Å². The lowest BCUT2D eigenvalue weighted by atomic mass is 10.1. The molecule has 6 nitrogen and oxygen atoms in total. The molecule has 3 amide bonds. The van der Waals surface area contributed by atoms with Gasteiger partial charge in [-0.1, -0.05) is 47.5 Å². The van der Waals surface area contributed by atoms with Gasteiger partial charge in [0.25, 0.3) is 17.7 Å². The maximum atomic E-state index is 13.3. The summed E-state index contributed by atoms with van der Waals surface area (Å²) < 4.78 is 0. The first-order chi connectivity index (χ1) is 16.3. The molecular formula is C27H24ClN3O3. The number of aryl methyl sites for hydroxylation is 2. The van der Waals surface area contributed by atoms with Crippen LogP contribution in [0.25, 0.3) is 0 Å². The Hall–Kier alpha value is -3.90. The number of imide groups is 1. The summed E-state index contributed by atoms with van der Waals surface area (Å²) in [7, 11) is 0. The second-order valence-electron chi connectivity index (χ2n) is 8.06. The number of hydrogen-bond acceptors (Lipinski definition) is 4. The Morgan fingerprint density at radius 1 is 0.912 bits per heavy atom. The number of anilines is 3. The van der Waals surface area contributed by atoms with Crippen molar-refractivity contribution < 1.29 is 14.4 Å². The maximum Gasteiger partial charge on any atom is 0.283 e. The van der Waals surface area contributed by atoms with E-state index in [4.69, 9.17) is 11.6 Å². The number of hydrogen-bond donors (Lipinski definition) is 1. The van der Waals surface area contributed by atoms with Crippen LogP contribution in [0.1, 0.15) is 28.4 Å². The molecule has 0 aromatic heterocycles. The lowest BCUT2D eigenvalue weighted by Gasteiger charge is -2.22. The molecule has 0 atom stereocenters. The predicted molar refractivity (Wildman–Crippen MR) is 135 cm³/mol. The molecule has 172 valence electrons. The van der Waals surface area contributed by atoms with E-state index in [9.17, 15) is 14.4 Å². The van der Waals surface area contributed by atoms with Crippen molar-refractivity contribution >= 4 is 46.4 Å². The summed E-state index contributed by atoms with van der Waals surface area (Å²) in [5, 5.41) is 2.75. The highest BCUT2D eigenvalue weighted by Gasteiger charge is 2.39. The third-order valence-corrected chi connectivity index (χ3v) is 5.92. The molecule has 0 aliphatic carbocycles. The van der Waals surface area contributed by atoms with Crippen LogP contribution in [0.2, 0.25) is 0 Å². The number of amides is 3. The van der Waals surface area contributed by atoms with Crippen LogP contribution in [0.4, 0.5) is 17.1 Å². The van der Waals surface area contributed by atoms with Gasteiger partial charge in [-0.3, -0.25) is 14.4 Å². The Balaban J connectivity index is 1.58. The summed E-state index contributed by atoms with van der Waals surface area (Å²) in [5.41, 5.74) is 4.21. The molecule has 3 aromatic carbocycles. The van der Waals surface area contributed by atoms with Crippen LogP contribution in [0.3, 0.4) is 0 Å². The molecule has 0 saturated carbocycles. The van der Waals surface area contributed by atoms with Crippen molar-refractivity contribution in [3.8, 4) is 0 Å². The molecule has 3 aromatic rings. The minimum atomic E-state index is -0.596. The number of rotatable bonds is 6. The third-order valence-electron chi connectivity index (χ3n) is 5.57. The van der Waals surface area contributed by atoms with Crippen molar-refractivity contribution in [2.24, 2.45) is 0 Å². The second kappa shape index (κ2) is 9.53. The van der Waals surface area contributed by atoms with Gasteiger partial charge in [0.15, 0.2) is 0 Å². The molecular weight excluding hydrogens is 450 g/mol. The van der Waals surface area contributed by atoms with Gasteiger partial charge in [-0.2, -0.15) is 0 Å². The van der Waals surface area contributed by atoms with Crippen molar-refractivity contribution in [2.45, 2.75) is 20.8 Å². The van der Waals surface area contributed by atoms with Crippen LogP contribution in [-0.2, 0) is 9.59 Å². The first kappa shape index (κ1) is 23.3. The van der Waals surface area contributed by atoms with Gasteiger partial charge in [0.1, 0.15) is 10.7 Å². The Morgan fingerprint density at radius 3 is 2.29 bits per heavy atom. The van der Waals surface area contributed by atoms with Crippen LogP contribution in [-0.4, -0.2) is 24.3 Å². The predicted octanol–water partition coefficient (Wildman–Crippen LogP) is 5.41. The van der Waals surface area contributed by atoms with E-state index in [2.05, 4.69) is 5.32 Å². The lowest BCUT2D eigenvalue weighted by Crippen LogP contribution is -2.32. The zero-order chi connectivity index (χ0) is 24.4. The van der Waals surface area contributed by atoms with Crippen molar-refractivity contribution in [3.63, 3.8) is 0 Å². The first-order valence-electron chi connectivity index (χ1n) is 10.9. The van der Waals surface area contributed by atoms with E-state index in [0.29, 0.717) is 23.5 Å². The maximum absolute atomic E-state index is 13.3. The number of benzene rings is 3. The van der Waals surface area contributed by atoms with Crippen molar-refractivity contribution in [3.05, 3.63) is 100 Å². The largest absolute Gasteiger partial charge is 0.350 e. The lowest BCUT2D eigenvalue weighted by molar-refractivity contribution is -0.120. The van der Waals surface area contributed by atoms with Gasteiger partial charge in [0, 0.05) is 23.5 Å². The van der Waals surface area contributed by atoms with Crippen molar-refractivity contribution in [1.82, 2.24) is 0 Å². The molecule has 1 N–H and O–H groups in total. The van der Waals surface area contributed by atoms with E-state index < -0.39 is 11.8 Å². The molecule has 1 aliphatic rings. The van der Waals surface area contributed by atoms with Gasteiger partial charge in [-0.25, -0.2) is 4.90 Å². The fraction of sp³-hybridized carbons (Fsp3) is 0.148. The van der Waals surface area contributed by atoms with Crippen LogP contribution in [0, 0.1) is 13.8 Å². The zero-order valence-electron chi connectivity index (χ0n) is 19.1. The first-order valence-corrected chi connectivity index (χ1v) is 11.3. The Morgan fingerprint density at radius 2 is 1.62 bits per heavy atom. The fourth-order valence-electron chi connectivity index (χ4n) is 3.81. The van der Waals surface area contributed by atoms with Crippen LogP contribution < -0.4 is 15.1 Å².